The van der Waals surface area contributed by atoms with Crippen molar-refractivity contribution in [2.75, 3.05) is 17.8 Å². The molecule has 0 saturated carbocycles. The van der Waals surface area contributed by atoms with Gasteiger partial charge in [0.05, 0.1) is 9.79 Å². The van der Waals surface area contributed by atoms with E-state index in [0.717, 1.165) is 6.42 Å². The Balaban J connectivity index is 1.79. The average molecular weight is 409 g/mol. The summed E-state index contributed by atoms with van der Waals surface area (Å²) < 4.78 is 54.5. The summed E-state index contributed by atoms with van der Waals surface area (Å²) >= 11 is 0. The Morgan fingerprint density at radius 3 is 1.93 bits per heavy atom. The van der Waals surface area contributed by atoms with Crippen LogP contribution in [-0.4, -0.2) is 34.2 Å². The summed E-state index contributed by atoms with van der Waals surface area (Å²) in [6.07, 6.45) is 1.02. The first-order valence-electron chi connectivity index (χ1n) is 8.86. The van der Waals surface area contributed by atoms with Gasteiger partial charge in [-0.15, -0.1) is 0 Å². The molecule has 1 fully saturated rings. The number of nitrogens with one attached hydrogen (secondary N) is 1. The summed E-state index contributed by atoms with van der Waals surface area (Å²) in [5, 5.41) is 0. The number of hydrogen-bond acceptors (Lipinski definition) is 4. The molecule has 2 aromatic carbocycles. The zero-order chi connectivity index (χ0) is 19.7. The number of piperidine rings is 1. The molecule has 0 aromatic heterocycles. The molecule has 146 valence electrons. The van der Waals surface area contributed by atoms with Gasteiger partial charge in [0, 0.05) is 18.8 Å². The maximum atomic E-state index is 12.9. The van der Waals surface area contributed by atoms with Crippen molar-refractivity contribution in [3.63, 3.8) is 0 Å². The third kappa shape index (κ3) is 4.51. The Bertz CT molecular complexity index is 978. The van der Waals surface area contributed by atoms with Crippen LogP contribution in [0.25, 0.3) is 0 Å². The normalized spacial score (nSPS) is 21.7. The highest BCUT2D eigenvalue weighted by Crippen LogP contribution is 2.27. The van der Waals surface area contributed by atoms with Gasteiger partial charge in [0.2, 0.25) is 10.0 Å². The van der Waals surface area contributed by atoms with Crippen LogP contribution in [0.5, 0.6) is 0 Å². The van der Waals surface area contributed by atoms with Crippen molar-refractivity contribution in [3.8, 4) is 0 Å². The molecule has 1 N–H and O–H groups in total. The number of anilines is 1. The summed E-state index contributed by atoms with van der Waals surface area (Å²) in [5.41, 5.74) is 0.318. The van der Waals surface area contributed by atoms with Gasteiger partial charge < -0.3 is 0 Å². The molecule has 1 heterocycles. The number of hydrogen-bond donors (Lipinski definition) is 1. The van der Waals surface area contributed by atoms with E-state index in [1.807, 2.05) is 0 Å². The molecule has 0 aliphatic carbocycles. The predicted molar refractivity (Wildman–Crippen MR) is 105 cm³/mol. The fourth-order valence-electron chi connectivity index (χ4n) is 3.46. The topological polar surface area (TPSA) is 83.6 Å². The number of benzene rings is 2. The summed E-state index contributed by atoms with van der Waals surface area (Å²) in [6, 6.07) is 13.9. The van der Waals surface area contributed by atoms with E-state index in [9.17, 15) is 16.8 Å². The predicted octanol–water partition coefficient (Wildman–Crippen LogP) is 3.15. The minimum absolute atomic E-state index is 0.151. The van der Waals surface area contributed by atoms with Crippen LogP contribution in [0.15, 0.2) is 64.4 Å². The highest BCUT2D eigenvalue weighted by atomic mass is 32.2. The molecule has 6 nitrogen and oxygen atoms in total. The quantitative estimate of drug-likeness (QED) is 0.824. The van der Waals surface area contributed by atoms with Gasteiger partial charge in [-0.2, -0.15) is 4.31 Å². The van der Waals surface area contributed by atoms with E-state index in [4.69, 9.17) is 0 Å². The van der Waals surface area contributed by atoms with Crippen molar-refractivity contribution in [1.82, 2.24) is 4.31 Å². The molecule has 0 radical (unpaired) electrons. The standard InChI is InChI=1S/C19H24N2O4S2/c1-15-12-16(2)14-21(13-15)27(24,25)19-10-8-17(9-11-19)20-26(22,23)18-6-4-3-5-7-18/h3-11,15-16,20H,12-14H2,1-2H3/t15-,16+. The van der Waals surface area contributed by atoms with Gasteiger partial charge in [-0.05, 0) is 54.7 Å². The van der Waals surface area contributed by atoms with Crippen LogP contribution < -0.4 is 4.72 Å². The van der Waals surface area contributed by atoms with Crippen molar-refractivity contribution in [3.05, 3.63) is 54.6 Å². The average Bonchev–Trinajstić information content (AvgIpc) is 2.62. The molecule has 1 aliphatic rings. The molecule has 1 saturated heterocycles. The molecule has 0 amide bonds. The van der Waals surface area contributed by atoms with Crippen molar-refractivity contribution in [2.45, 2.75) is 30.1 Å². The monoisotopic (exact) mass is 408 g/mol. The second-order valence-corrected chi connectivity index (χ2v) is 10.8. The Morgan fingerprint density at radius 1 is 0.815 bits per heavy atom. The van der Waals surface area contributed by atoms with E-state index in [1.165, 1.54) is 40.7 Å². The molecular weight excluding hydrogens is 384 g/mol. The molecule has 2 atom stereocenters. The lowest BCUT2D eigenvalue weighted by molar-refractivity contribution is 0.222. The lowest BCUT2D eigenvalue weighted by Crippen LogP contribution is -2.42. The first-order chi connectivity index (χ1) is 12.7. The largest absolute Gasteiger partial charge is 0.280 e. The summed E-state index contributed by atoms with van der Waals surface area (Å²) in [6.45, 7) is 5.13. The second kappa shape index (κ2) is 7.61. The Labute approximate surface area is 161 Å². The zero-order valence-corrected chi connectivity index (χ0v) is 17.0. The van der Waals surface area contributed by atoms with Gasteiger partial charge in [-0.3, -0.25) is 4.72 Å². The van der Waals surface area contributed by atoms with Crippen LogP contribution in [0.4, 0.5) is 5.69 Å². The molecule has 2 aromatic rings. The smallest absolute Gasteiger partial charge is 0.261 e. The van der Waals surface area contributed by atoms with E-state index in [-0.39, 0.29) is 9.79 Å². The summed E-state index contributed by atoms with van der Waals surface area (Å²) in [7, 11) is -7.29. The Morgan fingerprint density at radius 2 is 1.37 bits per heavy atom. The Kier molecular flexibility index (Phi) is 5.60. The lowest BCUT2D eigenvalue weighted by Gasteiger charge is -2.34. The third-order valence-electron chi connectivity index (χ3n) is 4.63. The minimum Gasteiger partial charge on any atom is -0.280 e. The van der Waals surface area contributed by atoms with Crippen molar-refractivity contribution < 1.29 is 16.8 Å². The van der Waals surface area contributed by atoms with Gasteiger partial charge in [-0.1, -0.05) is 32.0 Å². The van der Waals surface area contributed by atoms with Crippen LogP contribution in [0.1, 0.15) is 20.3 Å². The maximum absolute atomic E-state index is 12.9. The molecule has 27 heavy (non-hydrogen) atoms. The molecule has 8 heteroatoms. The number of nitrogens with zero attached hydrogens (tertiary/aromatic N) is 1. The van der Waals surface area contributed by atoms with Crippen LogP contribution in [0.2, 0.25) is 0 Å². The van der Waals surface area contributed by atoms with E-state index in [1.54, 1.807) is 18.2 Å². The van der Waals surface area contributed by atoms with E-state index >= 15 is 0 Å². The van der Waals surface area contributed by atoms with Crippen LogP contribution in [-0.2, 0) is 20.0 Å². The van der Waals surface area contributed by atoms with Gasteiger partial charge in [0.1, 0.15) is 0 Å². The molecule has 0 bridgehead atoms. The fraction of sp³-hybridized carbons (Fsp3) is 0.368. The molecule has 3 rings (SSSR count). The van der Waals surface area contributed by atoms with Crippen molar-refractivity contribution in [2.24, 2.45) is 11.8 Å². The minimum atomic E-state index is -3.71. The van der Waals surface area contributed by atoms with E-state index in [2.05, 4.69) is 18.6 Å². The van der Waals surface area contributed by atoms with Gasteiger partial charge in [-0.25, -0.2) is 16.8 Å². The SMILES string of the molecule is C[C@@H]1C[C@H](C)CN(S(=O)(=O)c2ccc(NS(=O)(=O)c3ccccc3)cc2)C1. The van der Waals surface area contributed by atoms with Crippen LogP contribution >= 0.6 is 0 Å². The van der Waals surface area contributed by atoms with Gasteiger partial charge >= 0.3 is 0 Å². The Hall–Kier alpha value is -1.90. The first-order valence-corrected chi connectivity index (χ1v) is 11.8. The van der Waals surface area contributed by atoms with Gasteiger partial charge in [0.25, 0.3) is 10.0 Å². The number of rotatable bonds is 5. The maximum Gasteiger partial charge on any atom is 0.261 e. The molecular formula is C19H24N2O4S2. The zero-order valence-electron chi connectivity index (χ0n) is 15.4. The van der Waals surface area contributed by atoms with Crippen LogP contribution in [0.3, 0.4) is 0 Å². The second-order valence-electron chi connectivity index (χ2n) is 7.21. The van der Waals surface area contributed by atoms with Crippen LogP contribution in [0, 0.1) is 11.8 Å². The third-order valence-corrected chi connectivity index (χ3v) is 7.88. The highest BCUT2D eigenvalue weighted by Gasteiger charge is 2.31. The van der Waals surface area contributed by atoms with Crippen molar-refractivity contribution >= 4 is 25.7 Å². The molecule has 0 unspecified atom stereocenters. The highest BCUT2D eigenvalue weighted by molar-refractivity contribution is 7.92. The summed E-state index contributed by atoms with van der Waals surface area (Å²) in [4.78, 5) is 0.324. The summed E-state index contributed by atoms with van der Waals surface area (Å²) in [5.74, 6) is 0.640. The molecule has 0 spiro atoms. The first kappa shape index (κ1) is 19.9. The molecule has 1 aliphatic heterocycles. The lowest BCUT2D eigenvalue weighted by atomic mass is 9.94. The van der Waals surface area contributed by atoms with E-state index < -0.39 is 20.0 Å². The van der Waals surface area contributed by atoms with Gasteiger partial charge in [0.15, 0.2) is 0 Å². The number of sulfonamides is 2. The fourth-order valence-corrected chi connectivity index (χ4v) is 6.22. The van der Waals surface area contributed by atoms with E-state index in [0.29, 0.717) is 30.6 Å². The van der Waals surface area contributed by atoms with Crippen molar-refractivity contribution in [1.29, 1.82) is 0 Å².